The Morgan fingerprint density at radius 3 is 3.08 bits per heavy atom. The molecule has 0 aromatic heterocycles. The minimum Gasteiger partial charge on any atom is -0.467 e. The molecule has 1 fully saturated rings. The molecule has 0 aliphatic carbocycles. The Kier molecular flexibility index (Phi) is 2.44. The Morgan fingerprint density at radius 2 is 2.42 bits per heavy atom. The molecule has 66 valence electrons. The molecule has 0 radical (unpaired) electrons. The molecule has 3 heteroatoms. The monoisotopic (exact) mass is 168 g/mol. The van der Waals surface area contributed by atoms with Gasteiger partial charge in [0.2, 0.25) is 0 Å². The van der Waals surface area contributed by atoms with Crippen molar-refractivity contribution in [1.29, 1.82) is 0 Å². The summed E-state index contributed by atoms with van der Waals surface area (Å²) in [5.41, 5.74) is 0. The van der Waals surface area contributed by atoms with Crippen molar-refractivity contribution in [2.75, 3.05) is 6.61 Å². The van der Waals surface area contributed by atoms with Crippen LogP contribution in [-0.4, -0.2) is 12.7 Å². The lowest BCUT2D eigenvalue weighted by atomic mass is 10.1. The summed E-state index contributed by atoms with van der Waals surface area (Å²) in [5.74, 6) is 0.886. The van der Waals surface area contributed by atoms with Gasteiger partial charge in [-0.15, -0.1) is 0 Å². The molecular weight excluding hydrogens is 156 g/mol. The van der Waals surface area contributed by atoms with E-state index in [0.717, 1.165) is 25.0 Å². The zero-order valence-corrected chi connectivity index (χ0v) is 6.86. The maximum atomic E-state index is 5.29. The summed E-state index contributed by atoms with van der Waals surface area (Å²) in [7, 11) is 0. The van der Waals surface area contributed by atoms with E-state index in [0.29, 0.717) is 6.61 Å². The topological polar surface area (TPSA) is 27.7 Å². The summed E-state index contributed by atoms with van der Waals surface area (Å²) in [6.07, 6.45) is 8.65. The van der Waals surface area contributed by atoms with Crippen LogP contribution in [-0.2, 0) is 14.5 Å². The summed E-state index contributed by atoms with van der Waals surface area (Å²) in [6.45, 7) is 0.694. The summed E-state index contributed by atoms with van der Waals surface area (Å²) < 4.78 is 5.29. The summed E-state index contributed by atoms with van der Waals surface area (Å²) in [5, 5.41) is 0. The van der Waals surface area contributed by atoms with Gasteiger partial charge in [-0.1, -0.05) is 0 Å². The number of hydrogen-bond acceptors (Lipinski definition) is 3. The first kappa shape index (κ1) is 7.83. The predicted molar refractivity (Wildman–Crippen MR) is 43.0 cm³/mol. The fourth-order valence-corrected chi connectivity index (χ4v) is 1.32. The van der Waals surface area contributed by atoms with Crippen molar-refractivity contribution in [2.45, 2.75) is 25.4 Å². The van der Waals surface area contributed by atoms with Crippen molar-refractivity contribution >= 4 is 0 Å². The Hall–Kier alpha value is -0.800. The Morgan fingerprint density at radius 1 is 1.42 bits per heavy atom. The number of allylic oxidation sites excluding steroid dienone is 2. The van der Waals surface area contributed by atoms with Gasteiger partial charge in [-0.3, -0.25) is 0 Å². The lowest BCUT2D eigenvalue weighted by Gasteiger charge is -2.23. The first-order valence-electron chi connectivity index (χ1n) is 4.27. The number of ether oxygens (including phenoxy) is 1. The van der Waals surface area contributed by atoms with E-state index >= 15 is 0 Å². The normalized spacial score (nSPS) is 29.3. The molecule has 1 unspecified atom stereocenters. The first-order valence-corrected chi connectivity index (χ1v) is 4.27. The van der Waals surface area contributed by atoms with E-state index in [4.69, 9.17) is 14.5 Å². The third-order valence-corrected chi connectivity index (χ3v) is 1.95. The maximum Gasteiger partial charge on any atom is 0.150 e. The van der Waals surface area contributed by atoms with E-state index in [1.165, 1.54) is 0 Å². The average Bonchev–Trinajstić information content (AvgIpc) is 2.21. The van der Waals surface area contributed by atoms with Gasteiger partial charge in [0.05, 0.1) is 12.9 Å². The smallest absolute Gasteiger partial charge is 0.150 e. The fraction of sp³-hybridized carbons (Fsp3) is 0.556. The zero-order chi connectivity index (χ0) is 8.23. The molecular formula is C9H12O3. The average molecular weight is 168 g/mol. The van der Waals surface area contributed by atoms with E-state index in [2.05, 4.69) is 0 Å². The Bertz CT molecular complexity index is 202. The van der Waals surface area contributed by atoms with Crippen molar-refractivity contribution in [3.8, 4) is 0 Å². The SMILES string of the molecule is C1=COC(C2CCCOO2)=CC1. The van der Waals surface area contributed by atoms with Crippen LogP contribution >= 0.6 is 0 Å². The largest absolute Gasteiger partial charge is 0.467 e. The highest BCUT2D eigenvalue weighted by molar-refractivity contribution is 5.08. The van der Waals surface area contributed by atoms with E-state index in [1.54, 1.807) is 6.26 Å². The Labute approximate surface area is 71.5 Å². The van der Waals surface area contributed by atoms with Crippen molar-refractivity contribution in [3.63, 3.8) is 0 Å². The molecule has 3 nitrogen and oxygen atoms in total. The van der Waals surface area contributed by atoms with Gasteiger partial charge in [-0.25, -0.2) is 9.78 Å². The molecule has 1 atom stereocenters. The highest BCUT2D eigenvalue weighted by Gasteiger charge is 2.21. The summed E-state index contributed by atoms with van der Waals surface area (Å²) >= 11 is 0. The quantitative estimate of drug-likeness (QED) is 0.560. The van der Waals surface area contributed by atoms with E-state index in [9.17, 15) is 0 Å². The van der Waals surface area contributed by atoms with Crippen LogP contribution < -0.4 is 0 Å². The minimum absolute atomic E-state index is 0.00343. The van der Waals surface area contributed by atoms with Crippen molar-refractivity contribution in [2.24, 2.45) is 0 Å². The molecule has 0 saturated carbocycles. The van der Waals surface area contributed by atoms with Gasteiger partial charge in [-0.2, -0.15) is 0 Å². The summed E-state index contributed by atoms with van der Waals surface area (Å²) in [4.78, 5) is 9.98. The van der Waals surface area contributed by atoms with E-state index in [-0.39, 0.29) is 6.10 Å². The van der Waals surface area contributed by atoms with Gasteiger partial charge in [0, 0.05) is 0 Å². The number of hydrogen-bond donors (Lipinski definition) is 0. The summed E-state index contributed by atoms with van der Waals surface area (Å²) in [6, 6.07) is 0. The van der Waals surface area contributed by atoms with Gasteiger partial charge in [-0.05, 0) is 31.4 Å². The van der Waals surface area contributed by atoms with Crippen LogP contribution in [0.3, 0.4) is 0 Å². The zero-order valence-electron chi connectivity index (χ0n) is 6.86. The van der Waals surface area contributed by atoms with E-state index in [1.807, 2.05) is 12.2 Å². The first-order chi connectivity index (χ1) is 5.97. The molecule has 12 heavy (non-hydrogen) atoms. The predicted octanol–water partition coefficient (Wildman–Crippen LogP) is 1.91. The third-order valence-electron chi connectivity index (χ3n) is 1.95. The molecule has 0 spiro atoms. The van der Waals surface area contributed by atoms with Crippen LogP contribution in [0.1, 0.15) is 19.3 Å². The second-order valence-electron chi connectivity index (χ2n) is 2.88. The van der Waals surface area contributed by atoms with Gasteiger partial charge < -0.3 is 4.74 Å². The van der Waals surface area contributed by atoms with Crippen molar-refractivity contribution in [1.82, 2.24) is 0 Å². The van der Waals surface area contributed by atoms with Crippen molar-refractivity contribution in [3.05, 3.63) is 24.2 Å². The van der Waals surface area contributed by atoms with Crippen LogP contribution in [0.25, 0.3) is 0 Å². The van der Waals surface area contributed by atoms with Gasteiger partial charge in [0.15, 0.2) is 6.10 Å². The lowest BCUT2D eigenvalue weighted by Crippen LogP contribution is -2.23. The molecule has 0 aromatic carbocycles. The second-order valence-corrected chi connectivity index (χ2v) is 2.88. The molecule has 2 rings (SSSR count). The molecule has 1 saturated heterocycles. The van der Waals surface area contributed by atoms with Gasteiger partial charge in [0.1, 0.15) is 5.76 Å². The fourth-order valence-electron chi connectivity index (χ4n) is 1.32. The van der Waals surface area contributed by atoms with Crippen LogP contribution in [0.4, 0.5) is 0 Å². The molecule has 0 bridgehead atoms. The molecule has 0 N–H and O–H groups in total. The molecule has 0 aromatic rings. The van der Waals surface area contributed by atoms with Crippen LogP contribution in [0, 0.1) is 0 Å². The van der Waals surface area contributed by atoms with Crippen LogP contribution in [0.2, 0.25) is 0 Å². The van der Waals surface area contributed by atoms with Crippen LogP contribution in [0.5, 0.6) is 0 Å². The molecule has 0 amide bonds. The molecule has 2 aliphatic heterocycles. The van der Waals surface area contributed by atoms with Crippen molar-refractivity contribution < 1.29 is 14.5 Å². The number of rotatable bonds is 1. The Balaban J connectivity index is 1.93. The maximum absolute atomic E-state index is 5.29. The van der Waals surface area contributed by atoms with E-state index < -0.39 is 0 Å². The third kappa shape index (κ3) is 1.68. The van der Waals surface area contributed by atoms with Gasteiger partial charge >= 0.3 is 0 Å². The molecule has 2 aliphatic rings. The van der Waals surface area contributed by atoms with Crippen LogP contribution in [0.15, 0.2) is 24.2 Å². The highest BCUT2D eigenvalue weighted by atomic mass is 17.2. The standard InChI is InChI=1S/C9H12O3/c1-2-6-10-8(4-1)9-5-3-7-11-12-9/h2,4,6,9H,1,3,5,7H2. The minimum atomic E-state index is 0.00343. The lowest BCUT2D eigenvalue weighted by molar-refractivity contribution is -0.340. The molecule has 2 heterocycles. The van der Waals surface area contributed by atoms with Gasteiger partial charge in [0.25, 0.3) is 0 Å². The second kappa shape index (κ2) is 3.74. The highest BCUT2D eigenvalue weighted by Crippen LogP contribution is 2.21.